The van der Waals surface area contributed by atoms with Crippen LogP contribution in [0.1, 0.15) is 11.6 Å². The summed E-state index contributed by atoms with van der Waals surface area (Å²) < 4.78 is 0. The minimum absolute atomic E-state index is 0.0409. The molecule has 7 heteroatoms. The van der Waals surface area contributed by atoms with Crippen LogP contribution < -0.4 is 15.5 Å². The topological polar surface area (TPSA) is 84.9 Å². The van der Waals surface area contributed by atoms with Gasteiger partial charge in [-0.2, -0.15) is 0 Å². The summed E-state index contributed by atoms with van der Waals surface area (Å²) in [4.78, 5) is 27.2. The second kappa shape index (κ2) is 9.12. The van der Waals surface area contributed by atoms with E-state index in [1.54, 1.807) is 0 Å². The van der Waals surface area contributed by atoms with Crippen LogP contribution in [0.3, 0.4) is 0 Å². The number of carbonyl (C=O) groups is 2. The fourth-order valence-electron chi connectivity index (χ4n) is 2.11. The van der Waals surface area contributed by atoms with Crippen LogP contribution >= 0.6 is 0 Å². The molecule has 2 amide bonds. The predicted molar refractivity (Wildman–Crippen MR) is 90.3 cm³/mol. The smallest absolute Gasteiger partial charge is 0.309 e. The Kier molecular flexibility index (Phi) is 7.50. The lowest BCUT2D eigenvalue weighted by Gasteiger charge is -2.25. The number of benzene rings is 1. The van der Waals surface area contributed by atoms with Crippen LogP contribution in [-0.2, 0) is 9.59 Å². The van der Waals surface area contributed by atoms with Crippen molar-refractivity contribution in [2.75, 3.05) is 52.8 Å². The Morgan fingerprint density at radius 1 is 1.04 bits per heavy atom. The van der Waals surface area contributed by atoms with Gasteiger partial charge >= 0.3 is 11.8 Å². The van der Waals surface area contributed by atoms with Crippen molar-refractivity contribution in [2.45, 2.75) is 6.04 Å². The van der Waals surface area contributed by atoms with Gasteiger partial charge in [0.25, 0.3) is 0 Å². The third kappa shape index (κ3) is 5.88. The van der Waals surface area contributed by atoms with E-state index in [-0.39, 0.29) is 19.2 Å². The molecule has 0 aliphatic rings. The highest BCUT2D eigenvalue weighted by molar-refractivity contribution is 6.35. The van der Waals surface area contributed by atoms with Gasteiger partial charge in [-0.05, 0) is 31.8 Å². The molecule has 0 aliphatic heterocycles. The van der Waals surface area contributed by atoms with E-state index in [0.29, 0.717) is 6.54 Å². The zero-order valence-corrected chi connectivity index (χ0v) is 14.2. The molecule has 0 saturated carbocycles. The molecule has 0 bridgehead atoms. The maximum absolute atomic E-state index is 11.7. The fraction of sp³-hybridized carbons (Fsp3) is 0.500. The molecule has 0 unspecified atom stereocenters. The Morgan fingerprint density at radius 2 is 1.61 bits per heavy atom. The SMILES string of the molecule is CN(C)c1ccc([C@@H](CNC(=O)C(=O)NCCO)N(C)C)cc1. The second-order valence-corrected chi connectivity index (χ2v) is 5.65. The number of likely N-dealkylation sites (N-methyl/N-ethyl adjacent to an activating group) is 1. The maximum atomic E-state index is 11.7. The zero-order chi connectivity index (χ0) is 17.4. The summed E-state index contributed by atoms with van der Waals surface area (Å²) in [6, 6.07) is 8.01. The Morgan fingerprint density at radius 3 is 2.09 bits per heavy atom. The van der Waals surface area contributed by atoms with E-state index in [9.17, 15) is 9.59 Å². The van der Waals surface area contributed by atoms with Crippen molar-refractivity contribution in [3.05, 3.63) is 29.8 Å². The molecule has 0 saturated heterocycles. The van der Waals surface area contributed by atoms with Crippen molar-refractivity contribution in [1.82, 2.24) is 15.5 Å². The molecular formula is C16H26N4O3. The van der Waals surface area contributed by atoms with E-state index >= 15 is 0 Å². The molecular weight excluding hydrogens is 296 g/mol. The number of anilines is 1. The molecule has 0 heterocycles. The number of nitrogens with one attached hydrogen (secondary N) is 2. The lowest BCUT2D eigenvalue weighted by atomic mass is 10.1. The molecule has 1 aromatic rings. The number of carbonyl (C=O) groups excluding carboxylic acids is 2. The average molecular weight is 322 g/mol. The average Bonchev–Trinajstić information content (AvgIpc) is 2.52. The predicted octanol–water partition coefficient (Wildman–Crippen LogP) is -0.420. The van der Waals surface area contributed by atoms with Gasteiger partial charge in [0.05, 0.1) is 12.6 Å². The molecule has 1 rings (SSSR count). The molecule has 3 N–H and O–H groups in total. The number of hydrogen-bond donors (Lipinski definition) is 3. The molecule has 0 aromatic heterocycles. The molecule has 1 aromatic carbocycles. The summed E-state index contributed by atoms with van der Waals surface area (Å²) in [5.41, 5.74) is 2.15. The van der Waals surface area contributed by atoms with Gasteiger partial charge in [0, 0.05) is 32.9 Å². The van der Waals surface area contributed by atoms with E-state index in [1.165, 1.54) is 0 Å². The minimum atomic E-state index is -0.737. The molecule has 0 aliphatic carbocycles. The van der Waals surface area contributed by atoms with Crippen LogP contribution in [-0.4, -0.2) is 69.7 Å². The summed E-state index contributed by atoms with van der Waals surface area (Å²) in [6.07, 6.45) is 0. The van der Waals surface area contributed by atoms with E-state index in [2.05, 4.69) is 10.6 Å². The van der Waals surface area contributed by atoms with Gasteiger partial charge in [-0.3, -0.25) is 9.59 Å². The molecule has 7 nitrogen and oxygen atoms in total. The van der Waals surface area contributed by atoms with E-state index in [1.807, 2.05) is 62.3 Å². The van der Waals surface area contributed by atoms with Crippen molar-refractivity contribution in [3.63, 3.8) is 0 Å². The molecule has 0 radical (unpaired) electrons. The quantitative estimate of drug-likeness (QED) is 0.594. The minimum Gasteiger partial charge on any atom is -0.395 e. The Balaban J connectivity index is 2.68. The van der Waals surface area contributed by atoms with Crippen LogP contribution in [0.5, 0.6) is 0 Å². The van der Waals surface area contributed by atoms with Crippen molar-refractivity contribution < 1.29 is 14.7 Å². The summed E-state index contributed by atoms with van der Waals surface area (Å²) in [6.45, 7) is 0.187. The van der Waals surface area contributed by atoms with Gasteiger partial charge in [0.15, 0.2) is 0 Å². The van der Waals surface area contributed by atoms with Crippen molar-refractivity contribution in [3.8, 4) is 0 Å². The normalized spacial score (nSPS) is 11.9. The number of nitrogens with zero attached hydrogens (tertiary/aromatic N) is 2. The summed E-state index contributed by atoms with van der Waals surface area (Å²) >= 11 is 0. The number of amides is 2. The standard InChI is InChI=1S/C16H26N4O3/c1-19(2)13-7-5-12(6-8-13)14(20(3)4)11-18-16(23)15(22)17-9-10-21/h5-8,14,21H,9-11H2,1-4H3,(H,17,22)(H,18,23)/t14-/m1/s1. The number of rotatable bonds is 7. The van der Waals surface area contributed by atoms with Gasteiger partial charge in [0.1, 0.15) is 0 Å². The zero-order valence-electron chi connectivity index (χ0n) is 14.2. The Bertz CT molecular complexity index is 515. The molecule has 128 valence electrons. The van der Waals surface area contributed by atoms with Crippen LogP contribution in [0.4, 0.5) is 5.69 Å². The highest BCUT2D eigenvalue weighted by Gasteiger charge is 2.18. The van der Waals surface area contributed by atoms with Gasteiger partial charge < -0.3 is 25.5 Å². The van der Waals surface area contributed by atoms with Gasteiger partial charge in [0.2, 0.25) is 0 Å². The molecule has 1 atom stereocenters. The van der Waals surface area contributed by atoms with Crippen LogP contribution in [0.25, 0.3) is 0 Å². The van der Waals surface area contributed by atoms with E-state index < -0.39 is 11.8 Å². The largest absolute Gasteiger partial charge is 0.395 e. The van der Waals surface area contributed by atoms with Crippen LogP contribution in [0, 0.1) is 0 Å². The Hall–Kier alpha value is -2.12. The molecule has 0 spiro atoms. The lowest BCUT2D eigenvalue weighted by molar-refractivity contribution is -0.139. The Labute approximate surface area is 137 Å². The third-order valence-corrected chi connectivity index (χ3v) is 3.48. The first-order valence-corrected chi connectivity index (χ1v) is 7.47. The van der Waals surface area contributed by atoms with Crippen molar-refractivity contribution >= 4 is 17.5 Å². The van der Waals surface area contributed by atoms with Gasteiger partial charge in [-0.1, -0.05) is 12.1 Å². The van der Waals surface area contributed by atoms with E-state index in [4.69, 9.17) is 5.11 Å². The third-order valence-electron chi connectivity index (χ3n) is 3.48. The summed E-state index contributed by atoms with van der Waals surface area (Å²) in [5, 5.41) is 13.6. The fourth-order valence-corrected chi connectivity index (χ4v) is 2.11. The van der Waals surface area contributed by atoms with Gasteiger partial charge in [-0.25, -0.2) is 0 Å². The van der Waals surface area contributed by atoms with Crippen molar-refractivity contribution in [1.29, 1.82) is 0 Å². The van der Waals surface area contributed by atoms with Crippen LogP contribution in [0.15, 0.2) is 24.3 Å². The first-order chi connectivity index (χ1) is 10.9. The molecule has 23 heavy (non-hydrogen) atoms. The first-order valence-electron chi connectivity index (χ1n) is 7.47. The monoisotopic (exact) mass is 322 g/mol. The highest BCUT2D eigenvalue weighted by Crippen LogP contribution is 2.20. The van der Waals surface area contributed by atoms with Gasteiger partial charge in [-0.15, -0.1) is 0 Å². The van der Waals surface area contributed by atoms with E-state index in [0.717, 1.165) is 11.3 Å². The first kappa shape index (κ1) is 18.9. The van der Waals surface area contributed by atoms with Crippen molar-refractivity contribution in [2.24, 2.45) is 0 Å². The lowest BCUT2D eigenvalue weighted by Crippen LogP contribution is -2.43. The maximum Gasteiger partial charge on any atom is 0.309 e. The highest BCUT2D eigenvalue weighted by atomic mass is 16.3. The number of aliphatic hydroxyl groups is 1. The molecule has 0 fully saturated rings. The second-order valence-electron chi connectivity index (χ2n) is 5.65. The number of aliphatic hydroxyl groups excluding tert-OH is 1. The van der Waals surface area contributed by atoms with Crippen LogP contribution in [0.2, 0.25) is 0 Å². The summed E-state index contributed by atoms with van der Waals surface area (Å²) in [7, 11) is 7.79. The number of hydrogen-bond acceptors (Lipinski definition) is 5. The summed E-state index contributed by atoms with van der Waals surface area (Å²) in [5.74, 6) is -1.44.